The third-order valence-electron chi connectivity index (χ3n) is 3.09. The second kappa shape index (κ2) is 3.74. The van der Waals surface area contributed by atoms with Crippen LogP contribution >= 0.6 is 0 Å². The summed E-state index contributed by atoms with van der Waals surface area (Å²) >= 11 is 0. The zero-order chi connectivity index (χ0) is 13.7. The van der Waals surface area contributed by atoms with Gasteiger partial charge >= 0.3 is 11.9 Å². The van der Waals surface area contributed by atoms with Gasteiger partial charge in [0.25, 0.3) is 0 Å². The Bertz CT molecular complexity index is 708. The SMILES string of the molecule is Cc1cc(C)c(-n2nnc3c2C(=O)OC3=O)c(C)c1. The molecular formula is C13H11N3O3. The average molecular weight is 257 g/mol. The summed E-state index contributed by atoms with van der Waals surface area (Å²) in [4.78, 5) is 23.1. The number of benzene rings is 1. The maximum absolute atomic E-state index is 11.7. The van der Waals surface area contributed by atoms with Crippen LogP contribution in [0.3, 0.4) is 0 Å². The summed E-state index contributed by atoms with van der Waals surface area (Å²) in [5.74, 6) is -1.45. The van der Waals surface area contributed by atoms with Crippen molar-refractivity contribution in [1.82, 2.24) is 15.0 Å². The molecule has 0 fully saturated rings. The van der Waals surface area contributed by atoms with Crippen molar-refractivity contribution in [3.63, 3.8) is 0 Å². The fourth-order valence-electron chi connectivity index (χ4n) is 2.45. The van der Waals surface area contributed by atoms with Gasteiger partial charge in [-0.25, -0.2) is 14.3 Å². The minimum atomic E-state index is -0.742. The van der Waals surface area contributed by atoms with E-state index in [1.165, 1.54) is 4.68 Å². The molecule has 0 unspecified atom stereocenters. The summed E-state index contributed by atoms with van der Waals surface area (Å²) in [5.41, 5.74) is 3.86. The summed E-state index contributed by atoms with van der Waals surface area (Å²) in [6.07, 6.45) is 0. The number of hydrogen-bond acceptors (Lipinski definition) is 5. The molecule has 19 heavy (non-hydrogen) atoms. The first-order valence-corrected chi connectivity index (χ1v) is 5.79. The summed E-state index contributed by atoms with van der Waals surface area (Å²) in [7, 11) is 0. The Morgan fingerprint density at radius 2 is 1.68 bits per heavy atom. The highest BCUT2D eigenvalue weighted by Gasteiger charge is 2.37. The number of hydrogen-bond donors (Lipinski definition) is 0. The van der Waals surface area contributed by atoms with E-state index in [9.17, 15) is 9.59 Å². The monoisotopic (exact) mass is 257 g/mol. The van der Waals surface area contributed by atoms with E-state index in [1.54, 1.807) is 0 Å². The number of cyclic esters (lactones) is 2. The van der Waals surface area contributed by atoms with E-state index in [2.05, 4.69) is 15.0 Å². The summed E-state index contributed by atoms with van der Waals surface area (Å²) in [6, 6.07) is 3.97. The predicted molar refractivity (Wildman–Crippen MR) is 65.3 cm³/mol. The van der Waals surface area contributed by atoms with E-state index in [1.807, 2.05) is 32.9 Å². The van der Waals surface area contributed by atoms with Gasteiger partial charge in [-0.3, -0.25) is 0 Å². The molecule has 0 spiro atoms. The molecule has 96 valence electrons. The Labute approximate surface area is 109 Å². The Morgan fingerprint density at radius 3 is 2.32 bits per heavy atom. The minimum absolute atomic E-state index is 0.0237. The molecule has 3 rings (SSSR count). The Hall–Kier alpha value is -2.50. The maximum Gasteiger partial charge on any atom is 0.369 e. The second-order valence-electron chi connectivity index (χ2n) is 4.62. The molecule has 0 amide bonds. The van der Waals surface area contributed by atoms with Gasteiger partial charge in [0.15, 0.2) is 5.69 Å². The third-order valence-corrected chi connectivity index (χ3v) is 3.09. The lowest BCUT2D eigenvalue weighted by molar-refractivity contribution is 0.0434. The zero-order valence-corrected chi connectivity index (χ0v) is 10.7. The van der Waals surface area contributed by atoms with Crippen molar-refractivity contribution in [2.24, 2.45) is 0 Å². The van der Waals surface area contributed by atoms with Crippen LogP contribution in [0.25, 0.3) is 5.69 Å². The number of aromatic nitrogens is 3. The molecule has 0 aliphatic carbocycles. The van der Waals surface area contributed by atoms with Crippen LogP contribution in [0.1, 0.15) is 37.7 Å². The minimum Gasteiger partial charge on any atom is -0.383 e. The number of ether oxygens (including phenoxy) is 1. The molecule has 1 aliphatic heterocycles. The first kappa shape index (κ1) is 11.6. The standard InChI is InChI=1S/C13H11N3O3/c1-6-4-7(2)10(8(3)5-6)16-11-9(14-15-16)12(17)19-13(11)18/h4-5H,1-3H3. The van der Waals surface area contributed by atoms with Gasteiger partial charge in [-0.05, 0) is 31.9 Å². The summed E-state index contributed by atoms with van der Waals surface area (Å²) in [5, 5.41) is 7.63. The molecule has 0 saturated heterocycles. The van der Waals surface area contributed by atoms with Crippen LogP contribution in [-0.2, 0) is 4.74 Å². The van der Waals surface area contributed by atoms with E-state index in [4.69, 9.17) is 0 Å². The van der Waals surface area contributed by atoms with Gasteiger partial charge in [0.05, 0.1) is 5.69 Å². The van der Waals surface area contributed by atoms with Crippen molar-refractivity contribution >= 4 is 11.9 Å². The largest absolute Gasteiger partial charge is 0.383 e. The number of rotatable bonds is 1. The second-order valence-corrected chi connectivity index (χ2v) is 4.62. The summed E-state index contributed by atoms with van der Waals surface area (Å²) < 4.78 is 5.92. The van der Waals surface area contributed by atoms with Crippen LogP contribution in [0.5, 0.6) is 0 Å². The Kier molecular flexibility index (Phi) is 2.28. The highest BCUT2D eigenvalue weighted by molar-refractivity contribution is 6.12. The summed E-state index contributed by atoms with van der Waals surface area (Å²) in [6.45, 7) is 5.84. The molecule has 1 aromatic carbocycles. The van der Waals surface area contributed by atoms with Crippen LogP contribution in [0.15, 0.2) is 12.1 Å². The van der Waals surface area contributed by atoms with Gasteiger partial charge in [-0.15, -0.1) is 5.10 Å². The van der Waals surface area contributed by atoms with E-state index < -0.39 is 11.9 Å². The number of aryl methyl sites for hydroxylation is 3. The van der Waals surface area contributed by atoms with E-state index in [-0.39, 0.29) is 11.4 Å². The molecule has 6 heteroatoms. The van der Waals surface area contributed by atoms with Crippen molar-refractivity contribution in [2.75, 3.05) is 0 Å². The lowest BCUT2D eigenvalue weighted by Crippen LogP contribution is -2.11. The number of nitrogens with zero attached hydrogens (tertiary/aromatic N) is 3. The fourth-order valence-corrected chi connectivity index (χ4v) is 2.45. The molecule has 1 aromatic heterocycles. The van der Waals surface area contributed by atoms with Crippen LogP contribution < -0.4 is 0 Å². The molecule has 0 bridgehead atoms. The fraction of sp³-hybridized carbons (Fsp3) is 0.231. The van der Waals surface area contributed by atoms with Gasteiger partial charge < -0.3 is 4.74 Å². The van der Waals surface area contributed by atoms with Gasteiger partial charge in [0.2, 0.25) is 5.69 Å². The number of esters is 2. The molecule has 1 aliphatic rings. The molecular weight excluding hydrogens is 246 g/mol. The first-order valence-electron chi connectivity index (χ1n) is 5.79. The van der Waals surface area contributed by atoms with Crippen molar-refractivity contribution < 1.29 is 14.3 Å². The molecule has 6 nitrogen and oxygen atoms in total. The Morgan fingerprint density at radius 1 is 1.05 bits per heavy atom. The molecule has 0 N–H and O–H groups in total. The molecule has 0 radical (unpaired) electrons. The number of fused-ring (bicyclic) bond motifs is 1. The van der Waals surface area contributed by atoms with Crippen molar-refractivity contribution in [3.05, 3.63) is 40.2 Å². The van der Waals surface area contributed by atoms with Gasteiger partial charge in [-0.1, -0.05) is 22.9 Å². The lowest BCUT2D eigenvalue weighted by Gasteiger charge is -2.11. The lowest BCUT2D eigenvalue weighted by atomic mass is 10.1. The number of carbonyl (C=O) groups excluding carboxylic acids is 2. The zero-order valence-electron chi connectivity index (χ0n) is 10.7. The van der Waals surface area contributed by atoms with Crippen LogP contribution in [0.2, 0.25) is 0 Å². The maximum atomic E-state index is 11.7. The van der Waals surface area contributed by atoms with Gasteiger partial charge in [0, 0.05) is 0 Å². The smallest absolute Gasteiger partial charge is 0.369 e. The van der Waals surface area contributed by atoms with E-state index in [0.717, 1.165) is 22.4 Å². The van der Waals surface area contributed by atoms with Gasteiger partial charge in [-0.2, -0.15) is 0 Å². The van der Waals surface area contributed by atoms with Crippen molar-refractivity contribution in [1.29, 1.82) is 0 Å². The Balaban J connectivity index is 2.29. The van der Waals surface area contributed by atoms with E-state index in [0.29, 0.717) is 0 Å². The van der Waals surface area contributed by atoms with Crippen LogP contribution in [0.4, 0.5) is 0 Å². The molecule has 2 heterocycles. The molecule has 0 atom stereocenters. The molecule has 0 saturated carbocycles. The predicted octanol–water partition coefficient (Wildman–Crippen LogP) is 1.50. The van der Waals surface area contributed by atoms with Crippen LogP contribution in [0, 0.1) is 20.8 Å². The van der Waals surface area contributed by atoms with Crippen molar-refractivity contribution in [3.8, 4) is 5.69 Å². The van der Waals surface area contributed by atoms with Gasteiger partial charge in [0.1, 0.15) is 0 Å². The number of carbonyl (C=O) groups is 2. The first-order chi connectivity index (χ1) is 8.99. The molecule has 2 aromatic rings. The quantitative estimate of drug-likeness (QED) is 0.571. The topological polar surface area (TPSA) is 74.1 Å². The van der Waals surface area contributed by atoms with E-state index >= 15 is 0 Å². The van der Waals surface area contributed by atoms with Crippen molar-refractivity contribution in [2.45, 2.75) is 20.8 Å². The highest BCUT2D eigenvalue weighted by Crippen LogP contribution is 2.25. The highest BCUT2D eigenvalue weighted by atomic mass is 16.6. The van der Waals surface area contributed by atoms with Crippen LogP contribution in [-0.4, -0.2) is 26.9 Å². The normalized spacial score (nSPS) is 13.6. The average Bonchev–Trinajstić information content (AvgIpc) is 2.82. The third kappa shape index (κ3) is 1.56.